The predicted molar refractivity (Wildman–Crippen MR) is 123 cm³/mol. The molecule has 2 aliphatic rings. The lowest BCUT2D eigenvalue weighted by Gasteiger charge is -2.40. The van der Waals surface area contributed by atoms with Gasteiger partial charge in [0.25, 0.3) is 17.5 Å². The van der Waals surface area contributed by atoms with Gasteiger partial charge in [0.15, 0.2) is 0 Å². The van der Waals surface area contributed by atoms with Gasteiger partial charge in [-0.15, -0.1) is 0 Å². The van der Waals surface area contributed by atoms with Gasteiger partial charge >= 0.3 is 0 Å². The van der Waals surface area contributed by atoms with Crippen LogP contribution in [0.25, 0.3) is 10.8 Å². The molecule has 0 atom stereocenters. The highest BCUT2D eigenvalue weighted by Gasteiger charge is 2.40. The second-order valence-electron chi connectivity index (χ2n) is 8.25. The van der Waals surface area contributed by atoms with Crippen LogP contribution in [0.3, 0.4) is 0 Å². The first-order valence-electron chi connectivity index (χ1n) is 10.6. The largest absolute Gasteiger partial charge is 0.276 e. The van der Waals surface area contributed by atoms with Crippen LogP contribution in [0.15, 0.2) is 59.5 Å². The molecule has 0 spiro atoms. The highest BCUT2D eigenvalue weighted by molar-refractivity contribution is 7.89. The summed E-state index contributed by atoms with van der Waals surface area (Å²) < 4.78 is 27.3. The van der Waals surface area contributed by atoms with Gasteiger partial charge in [-0.1, -0.05) is 29.8 Å². The van der Waals surface area contributed by atoms with E-state index < -0.39 is 26.8 Å². The van der Waals surface area contributed by atoms with Crippen LogP contribution in [0.4, 0.5) is 5.69 Å². The number of non-ortho nitro benzene ring substituents is 1. The molecule has 0 radical (unpaired) electrons. The van der Waals surface area contributed by atoms with E-state index >= 15 is 0 Å². The quantitative estimate of drug-likeness (QED) is 0.320. The number of hydrazine groups is 1. The molecule has 2 amide bonds. The summed E-state index contributed by atoms with van der Waals surface area (Å²) in [5, 5.41) is 14.7. The van der Waals surface area contributed by atoms with Gasteiger partial charge in [0.1, 0.15) is 0 Å². The van der Waals surface area contributed by atoms with Crippen LogP contribution in [0.5, 0.6) is 0 Å². The van der Waals surface area contributed by atoms with Crippen LogP contribution in [0.2, 0.25) is 0 Å². The minimum absolute atomic E-state index is 0.0779. The number of carbonyl (C=O) groups excluding carboxylic acids is 2. The number of piperazine rings is 1. The van der Waals surface area contributed by atoms with E-state index in [1.807, 2.05) is 6.92 Å². The molecule has 0 aromatic heterocycles. The van der Waals surface area contributed by atoms with Crippen LogP contribution in [-0.4, -0.2) is 65.7 Å². The number of nitro groups is 1. The number of nitrogens with zero attached hydrogens (tertiary/aromatic N) is 4. The summed E-state index contributed by atoms with van der Waals surface area (Å²) in [7, 11) is -3.71. The molecule has 0 bridgehead atoms. The zero-order valence-corrected chi connectivity index (χ0v) is 19.0. The van der Waals surface area contributed by atoms with E-state index in [1.54, 1.807) is 42.5 Å². The Bertz CT molecular complexity index is 1460. The topological polar surface area (TPSA) is 121 Å². The van der Waals surface area contributed by atoms with E-state index in [0.717, 1.165) is 10.6 Å². The standard InChI is InChI=1S/C23H20N4O6S/c1-15-5-7-18(8-6-15)34(32,33)25-11-9-24(10-12-25)26-22(28)19-4-2-3-16-13-17(27(30)31)14-20(21(16)19)23(26)29/h2-8,13-14H,9-12H2,1H3. The molecule has 0 unspecified atom stereocenters. The third kappa shape index (κ3) is 3.45. The Balaban J connectivity index is 1.43. The maximum atomic E-state index is 13.3. The van der Waals surface area contributed by atoms with Crippen molar-refractivity contribution in [2.75, 3.05) is 26.2 Å². The molecule has 11 heteroatoms. The van der Waals surface area contributed by atoms with Gasteiger partial charge in [0.2, 0.25) is 10.0 Å². The number of hydrogen-bond acceptors (Lipinski definition) is 7. The monoisotopic (exact) mass is 480 g/mol. The summed E-state index contributed by atoms with van der Waals surface area (Å²) in [5.74, 6) is -1.20. The average molecular weight is 481 g/mol. The van der Waals surface area contributed by atoms with E-state index in [9.17, 15) is 28.1 Å². The zero-order chi connectivity index (χ0) is 24.2. The second-order valence-corrected chi connectivity index (χ2v) is 10.2. The molecule has 2 heterocycles. The number of nitro benzene ring substituents is 1. The van der Waals surface area contributed by atoms with Crippen molar-refractivity contribution in [2.45, 2.75) is 11.8 Å². The summed E-state index contributed by atoms with van der Waals surface area (Å²) in [6.45, 7) is 2.26. The molecule has 34 heavy (non-hydrogen) atoms. The lowest BCUT2D eigenvalue weighted by molar-refractivity contribution is -0.384. The number of imide groups is 1. The van der Waals surface area contributed by atoms with Crippen molar-refractivity contribution < 1.29 is 22.9 Å². The molecule has 1 saturated heterocycles. The van der Waals surface area contributed by atoms with Gasteiger partial charge in [-0.2, -0.15) is 4.31 Å². The zero-order valence-electron chi connectivity index (χ0n) is 18.2. The Morgan fingerprint density at radius 3 is 2.18 bits per heavy atom. The van der Waals surface area contributed by atoms with Gasteiger partial charge in [-0.05, 0) is 30.5 Å². The summed E-state index contributed by atoms with van der Waals surface area (Å²) >= 11 is 0. The van der Waals surface area contributed by atoms with E-state index in [0.29, 0.717) is 10.8 Å². The van der Waals surface area contributed by atoms with Crippen molar-refractivity contribution in [3.05, 3.63) is 81.4 Å². The Morgan fingerprint density at radius 2 is 1.53 bits per heavy atom. The molecule has 3 aromatic rings. The Kier molecular flexibility index (Phi) is 5.19. The third-order valence-electron chi connectivity index (χ3n) is 6.17. The summed E-state index contributed by atoms with van der Waals surface area (Å²) in [5.41, 5.74) is 1.06. The van der Waals surface area contributed by atoms with E-state index in [2.05, 4.69) is 0 Å². The van der Waals surface area contributed by atoms with Gasteiger partial charge in [-0.25, -0.2) is 18.4 Å². The van der Waals surface area contributed by atoms with Crippen molar-refractivity contribution >= 4 is 38.3 Å². The minimum atomic E-state index is -3.71. The molecule has 174 valence electrons. The van der Waals surface area contributed by atoms with Crippen LogP contribution in [-0.2, 0) is 10.0 Å². The smallest absolute Gasteiger partial charge is 0.267 e. The van der Waals surface area contributed by atoms with Crippen molar-refractivity contribution in [1.82, 2.24) is 14.3 Å². The first kappa shape index (κ1) is 22.1. The number of rotatable bonds is 4. The Labute approximate surface area is 195 Å². The van der Waals surface area contributed by atoms with E-state index in [4.69, 9.17) is 0 Å². The van der Waals surface area contributed by atoms with Crippen molar-refractivity contribution in [1.29, 1.82) is 0 Å². The van der Waals surface area contributed by atoms with Crippen molar-refractivity contribution in [3.8, 4) is 0 Å². The van der Waals surface area contributed by atoms with Crippen molar-refractivity contribution in [2.24, 2.45) is 0 Å². The fourth-order valence-corrected chi connectivity index (χ4v) is 5.84. The second kappa shape index (κ2) is 7.97. The SMILES string of the molecule is Cc1ccc(S(=O)(=O)N2CCN(N3C(=O)c4cccc5cc([N+](=O)[O-])cc(c45)C3=O)CC2)cc1. The Hall–Kier alpha value is -3.67. The maximum Gasteiger partial charge on any atom is 0.276 e. The minimum Gasteiger partial charge on any atom is -0.267 e. The highest BCUT2D eigenvalue weighted by atomic mass is 32.2. The number of amides is 2. The number of aryl methyl sites for hydroxylation is 1. The summed E-state index contributed by atoms with van der Waals surface area (Å²) in [4.78, 5) is 37.6. The van der Waals surface area contributed by atoms with Crippen LogP contribution >= 0.6 is 0 Å². The molecule has 10 nitrogen and oxygen atoms in total. The van der Waals surface area contributed by atoms with Gasteiger partial charge in [0.05, 0.1) is 20.9 Å². The molecule has 1 fully saturated rings. The van der Waals surface area contributed by atoms with Crippen LogP contribution in [0.1, 0.15) is 26.3 Å². The molecule has 2 aliphatic heterocycles. The average Bonchev–Trinajstić information content (AvgIpc) is 2.82. The van der Waals surface area contributed by atoms with Gasteiger partial charge in [0, 0.05) is 43.7 Å². The normalized spacial score (nSPS) is 17.4. The molecule has 0 aliphatic carbocycles. The fraction of sp³-hybridized carbons (Fsp3) is 0.217. The predicted octanol–water partition coefficient (Wildman–Crippen LogP) is 2.57. The lowest BCUT2D eigenvalue weighted by Crippen LogP contribution is -2.59. The molecular formula is C23H20N4O6S. The molecule has 0 N–H and O–H groups in total. The number of hydrogen-bond donors (Lipinski definition) is 0. The van der Waals surface area contributed by atoms with Crippen molar-refractivity contribution in [3.63, 3.8) is 0 Å². The highest BCUT2D eigenvalue weighted by Crippen LogP contribution is 2.34. The summed E-state index contributed by atoms with van der Waals surface area (Å²) in [6, 6.07) is 13.9. The molecular weight excluding hydrogens is 460 g/mol. The number of sulfonamides is 1. The molecule has 0 saturated carbocycles. The molecule has 5 rings (SSSR count). The summed E-state index contributed by atoms with van der Waals surface area (Å²) in [6.07, 6.45) is 0. The molecule has 3 aromatic carbocycles. The van der Waals surface area contributed by atoms with E-state index in [-0.39, 0.29) is 47.9 Å². The van der Waals surface area contributed by atoms with Crippen LogP contribution in [0, 0.1) is 17.0 Å². The first-order chi connectivity index (χ1) is 16.2. The number of benzene rings is 3. The lowest BCUT2D eigenvalue weighted by atomic mass is 9.94. The van der Waals surface area contributed by atoms with Gasteiger partial charge in [-0.3, -0.25) is 19.7 Å². The van der Waals surface area contributed by atoms with Gasteiger partial charge < -0.3 is 0 Å². The first-order valence-corrected chi connectivity index (χ1v) is 12.0. The maximum absolute atomic E-state index is 13.3. The fourth-order valence-electron chi connectivity index (χ4n) is 4.42. The third-order valence-corrected chi connectivity index (χ3v) is 8.09. The van der Waals surface area contributed by atoms with E-state index in [1.165, 1.54) is 21.4 Å². The number of carbonyl (C=O) groups is 2. The Morgan fingerprint density at radius 1 is 0.882 bits per heavy atom. The van der Waals surface area contributed by atoms with Crippen LogP contribution < -0.4 is 0 Å².